The van der Waals surface area contributed by atoms with Gasteiger partial charge in [0.15, 0.2) is 0 Å². The van der Waals surface area contributed by atoms with Gasteiger partial charge in [-0.3, -0.25) is 10.1 Å². The Morgan fingerprint density at radius 3 is 2.60 bits per heavy atom. The van der Waals surface area contributed by atoms with Gasteiger partial charge in [0.05, 0.1) is 4.92 Å². The molecule has 0 saturated heterocycles. The Bertz CT molecular complexity index is 654. The van der Waals surface area contributed by atoms with Gasteiger partial charge in [0, 0.05) is 18.3 Å². The van der Waals surface area contributed by atoms with Gasteiger partial charge in [0.25, 0.3) is 5.69 Å². The van der Waals surface area contributed by atoms with E-state index in [1.165, 1.54) is 6.07 Å². The third kappa shape index (κ3) is 2.78. The summed E-state index contributed by atoms with van der Waals surface area (Å²) in [6.07, 6.45) is 0. The van der Waals surface area contributed by atoms with E-state index in [2.05, 4.69) is 5.32 Å². The highest BCUT2D eigenvalue weighted by Crippen LogP contribution is 2.30. The number of nitro benzene ring substituents is 1. The summed E-state index contributed by atoms with van der Waals surface area (Å²) in [5, 5.41) is 14.3. The first kappa shape index (κ1) is 14.0. The third-order valence-corrected chi connectivity index (χ3v) is 3.37. The van der Waals surface area contributed by atoms with Gasteiger partial charge < -0.3 is 11.1 Å². The van der Waals surface area contributed by atoms with Crippen LogP contribution in [0, 0.1) is 24.0 Å². The molecule has 20 heavy (non-hydrogen) atoms. The first-order chi connectivity index (χ1) is 9.52. The van der Waals surface area contributed by atoms with Crippen molar-refractivity contribution in [2.75, 3.05) is 5.32 Å². The van der Waals surface area contributed by atoms with Crippen LogP contribution in [0.1, 0.15) is 16.7 Å². The Balaban J connectivity index is 2.43. The lowest BCUT2D eigenvalue weighted by molar-refractivity contribution is -0.384. The lowest BCUT2D eigenvalue weighted by atomic mass is 10.1. The maximum Gasteiger partial charge on any atom is 0.292 e. The van der Waals surface area contributed by atoms with Crippen molar-refractivity contribution in [2.24, 2.45) is 5.73 Å². The van der Waals surface area contributed by atoms with Crippen molar-refractivity contribution in [2.45, 2.75) is 20.4 Å². The van der Waals surface area contributed by atoms with Crippen LogP contribution in [0.25, 0.3) is 0 Å². The molecule has 2 rings (SSSR count). The van der Waals surface area contributed by atoms with Gasteiger partial charge in [-0.1, -0.05) is 18.2 Å². The highest BCUT2D eigenvalue weighted by Gasteiger charge is 2.15. The number of rotatable bonds is 4. The maximum atomic E-state index is 11.2. The second kappa shape index (κ2) is 5.71. The number of hydrogen-bond acceptors (Lipinski definition) is 4. The topological polar surface area (TPSA) is 81.2 Å². The Hall–Kier alpha value is -2.40. The molecule has 0 aliphatic carbocycles. The summed E-state index contributed by atoms with van der Waals surface area (Å²) in [4.78, 5) is 10.8. The van der Waals surface area contributed by atoms with Crippen LogP contribution in [0.3, 0.4) is 0 Å². The van der Waals surface area contributed by atoms with Gasteiger partial charge in [-0.2, -0.15) is 0 Å². The van der Waals surface area contributed by atoms with Crippen LogP contribution in [0.2, 0.25) is 0 Å². The van der Waals surface area contributed by atoms with E-state index in [0.29, 0.717) is 5.69 Å². The average Bonchev–Trinajstić information content (AvgIpc) is 2.44. The molecule has 0 aromatic heterocycles. The van der Waals surface area contributed by atoms with Crippen LogP contribution in [0.4, 0.5) is 17.1 Å². The molecular weight excluding hydrogens is 254 g/mol. The van der Waals surface area contributed by atoms with Gasteiger partial charge in [-0.25, -0.2) is 0 Å². The van der Waals surface area contributed by atoms with Gasteiger partial charge in [-0.15, -0.1) is 0 Å². The van der Waals surface area contributed by atoms with Crippen LogP contribution < -0.4 is 11.1 Å². The molecule has 0 aliphatic rings. The number of hydrogen-bond donors (Lipinski definition) is 2. The molecule has 0 aliphatic heterocycles. The largest absolute Gasteiger partial charge is 0.350 e. The molecule has 5 nitrogen and oxygen atoms in total. The summed E-state index contributed by atoms with van der Waals surface area (Å²) in [5.41, 5.74) is 9.85. The highest BCUT2D eigenvalue weighted by atomic mass is 16.6. The molecule has 0 spiro atoms. The molecule has 0 atom stereocenters. The molecule has 2 aromatic rings. The number of anilines is 2. The molecule has 3 N–H and O–H groups in total. The zero-order valence-corrected chi connectivity index (χ0v) is 11.5. The molecule has 0 bridgehead atoms. The van der Waals surface area contributed by atoms with Crippen molar-refractivity contribution < 1.29 is 4.92 Å². The summed E-state index contributed by atoms with van der Waals surface area (Å²) >= 11 is 0. The monoisotopic (exact) mass is 271 g/mol. The van der Waals surface area contributed by atoms with E-state index in [-0.39, 0.29) is 12.2 Å². The fraction of sp³-hybridized carbons (Fsp3) is 0.200. The Morgan fingerprint density at radius 1 is 1.20 bits per heavy atom. The average molecular weight is 271 g/mol. The van der Waals surface area contributed by atoms with E-state index >= 15 is 0 Å². The SMILES string of the molecule is Cc1cccc(Nc2ccc(CN)cc2[N+](=O)[O-])c1C. The van der Waals surface area contributed by atoms with Crippen molar-refractivity contribution in [3.63, 3.8) is 0 Å². The normalized spacial score (nSPS) is 10.3. The predicted octanol–water partition coefficient (Wildman–Crippen LogP) is 3.41. The smallest absolute Gasteiger partial charge is 0.292 e. The van der Waals surface area contributed by atoms with E-state index in [0.717, 1.165) is 22.4 Å². The van der Waals surface area contributed by atoms with Crippen molar-refractivity contribution in [1.82, 2.24) is 0 Å². The number of nitrogens with two attached hydrogens (primary N) is 1. The Morgan fingerprint density at radius 2 is 1.95 bits per heavy atom. The third-order valence-electron chi connectivity index (χ3n) is 3.37. The van der Waals surface area contributed by atoms with E-state index in [1.54, 1.807) is 12.1 Å². The zero-order chi connectivity index (χ0) is 14.7. The Kier molecular flexibility index (Phi) is 4.00. The quantitative estimate of drug-likeness (QED) is 0.659. The number of nitrogens with one attached hydrogen (secondary N) is 1. The van der Waals surface area contributed by atoms with Crippen LogP contribution in [-0.2, 0) is 6.54 Å². The minimum Gasteiger partial charge on any atom is -0.350 e. The second-order valence-corrected chi connectivity index (χ2v) is 4.69. The number of benzene rings is 2. The van der Waals surface area contributed by atoms with Crippen molar-refractivity contribution in [3.05, 3.63) is 63.2 Å². The lowest BCUT2D eigenvalue weighted by Crippen LogP contribution is -2.02. The summed E-state index contributed by atoms with van der Waals surface area (Å²) < 4.78 is 0. The van der Waals surface area contributed by atoms with E-state index < -0.39 is 4.92 Å². The maximum absolute atomic E-state index is 11.2. The molecule has 0 heterocycles. The number of nitro groups is 1. The highest BCUT2D eigenvalue weighted by molar-refractivity contribution is 5.72. The predicted molar refractivity (Wildman–Crippen MR) is 80.2 cm³/mol. The minimum absolute atomic E-state index is 0.0360. The molecular formula is C15H17N3O2. The summed E-state index contributed by atoms with van der Waals surface area (Å²) in [6, 6.07) is 10.8. The lowest BCUT2D eigenvalue weighted by Gasteiger charge is -2.12. The standard InChI is InChI=1S/C15H17N3O2/c1-10-4-3-5-13(11(10)2)17-14-7-6-12(9-16)8-15(14)18(19)20/h3-8,17H,9,16H2,1-2H3. The molecule has 0 saturated carbocycles. The minimum atomic E-state index is -0.396. The number of nitrogens with zero attached hydrogens (tertiary/aromatic N) is 1. The van der Waals surface area contributed by atoms with Crippen LogP contribution in [0.15, 0.2) is 36.4 Å². The van der Waals surface area contributed by atoms with Gasteiger partial charge >= 0.3 is 0 Å². The van der Waals surface area contributed by atoms with Crippen molar-refractivity contribution in [1.29, 1.82) is 0 Å². The molecule has 5 heteroatoms. The first-order valence-electron chi connectivity index (χ1n) is 6.33. The van der Waals surface area contributed by atoms with Crippen molar-refractivity contribution >= 4 is 17.1 Å². The Labute approximate surface area is 117 Å². The van der Waals surface area contributed by atoms with Crippen LogP contribution in [-0.4, -0.2) is 4.92 Å². The van der Waals surface area contributed by atoms with Gasteiger partial charge in [0.2, 0.25) is 0 Å². The van der Waals surface area contributed by atoms with Crippen molar-refractivity contribution in [3.8, 4) is 0 Å². The van der Waals surface area contributed by atoms with Crippen LogP contribution >= 0.6 is 0 Å². The summed E-state index contributed by atoms with van der Waals surface area (Å²) in [6.45, 7) is 4.27. The molecule has 2 aromatic carbocycles. The van der Waals surface area contributed by atoms with E-state index in [4.69, 9.17) is 5.73 Å². The number of aryl methyl sites for hydroxylation is 1. The van der Waals surface area contributed by atoms with Gasteiger partial charge in [0.1, 0.15) is 5.69 Å². The fourth-order valence-corrected chi connectivity index (χ4v) is 1.99. The van der Waals surface area contributed by atoms with E-state index in [9.17, 15) is 10.1 Å². The molecule has 0 unspecified atom stereocenters. The van der Waals surface area contributed by atoms with E-state index in [1.807, 2.05) is 32.0 Å². The summed E-state index contributed by atoms with van der Waals surface area (Å²) in [5.74, 6) is 0. The molecule has 0 amide bonds. The van der Waals surface area contributed by atoms with Gasteiger partial charge in [-0.05, 0) is 42.7 Å². The fourth-order valence-electron chi connectivity index (χ4n) is 1.99. The second-order valence-electron chi connectivity index (χ2n) is 4.69. The first-order valence-corrected chi connectivity index (χ1v) is 6.33. The molecule has 0 radical (unpaired) electrons. The molecule has 104 valence electrons. The molecule has 0 fully saturated rings. The van der Waals surface area contributed by atoms with Crippen LogP contribution in [0.5, 0.6) is 0 Å². The zero-order valence-electron chi connectivity index (χ0n) is 11.5. The summed E-state index contributed by atoms with van der Waals surface area (Å²) in [7, 11) is 0.